The van der Waals surface area contributed by atoms with Gasteiger partial charge in [0.05, 0.1) is 17.5 Å². The molecule has 4 nitrogen and oxygen atoms in total. The highest BCUT2D eigenvalue weighted by molar-refractivity contribution is 7.92. The van der Waals surface area contributed by atoms with Crippen molar-refractivity contribution in [3.8, 4) is 0 Å². The molecule has 2 unspecified atom stereocenters. The number of carbonyl (C=O) groups excluding carboxylic acids is 1. The first-order chi connectivity index (χ1) is 6.53. The molecule has 0 N–H and O–H groups in total. The van der Waals surface area contributed by atoms with Crippen LogP contribution in [0.5, 0.6) is 0 Å². The molecule has 2 saturated heterocycles. The maximum Gasteiger partial charge on any atom is 0.156 e. The van der Waals surface area contributed by atoms with E-state index in [2.05, 4.69) is 0 Å². The van der Waals surface area contributed by atoms with Gasteiger partial charge in [-0.25, -0.2) is 8.42 Å². The number of fused-ring (bicyclic) bond motifs is 2. The molecule has 0 saturated carbocycles. The second kappa shape index (κ2) is 3.31. The van der Waals surface area contributed by atoms with Crippen LogP contribution in [0.1, 0.15) is 19.8 Å². The SMILES string of the molecule is CCC(=O)CN1CC2CC1CS2(=O)=O. The first-order valence-electron chi connectivity index (χ1n) is 5.00. The van der Waals surface area contributed by atoms with Gasteiger partial charge in [0.2, 0.25) is 0 Å². The van der Waals surface area contributed by atoms with Gasteiger partial charge in [-0.1, -0.05) is 6.92 Å². The summed E-state index contributed by atoms with van der Waals surface area (Å²) in [7, 11) is -2.82. The Kier molecular flexibility index (Phi) is 2.39. The summed E-state index contributed by atoms with van der Waals surface area (Å²) >= 11 is 0. The third-order valence-electron chi connectivity index (χ3n) is 3.20. The van der Waals surface area contributed by atoms with Crippen molar-refractivity contribution in [3.63, 3.8) is 0 Å². The van der Waals surface area contributed by atoms with Crippen molar-refractivity contribution in [2.75, 3.05) is 18.8 Å². The van der Waals surface area contributed by atoms with Crippen molar-refractivity contribution < 1.29 is 13.2 Å². The van der Waals surface area contributed by atoms with E-state index in [1.807, 2.05) is 11.8 Å². The lowest BCUT2D eigenvalue weighted by molar-refractivity contribution is -0.120. The Bertz CT molecular complexity index is 349. The standard InChI is InChI=1S/C9H15NO3S/c1-2-8(11)4-10-5-9-3-7(10)6-14(9,12)13/h7,9H,2-6H2,1H3. The van der Waals surface area contributed by atoms with Gasteiger partial charge in [-0.3, -0.25) is 9.69 Å². The van der Waals surface area contributed by atoms with Crippen LogP contribution in [0.2, 0.25) is 0 Å². The van der Waals surface area contributed by atoms with Crippen molar-refractivity contribution >= 4 is 15.6 Å². The van der Waals surface area contributed by atoms with Crippen LogP contribution in [0.25, 0.3) is 0 Å². The summed E-state index contributed by atoms with van der Waals surface area (Å²) in [6, 6.07) is 0.112. The third kappa shape index (κ3) is 1.59. The molecule has 2 atom stereocenters. The lowest BCUT2D eigenvalue weighted by atomic mass is 10.2. The maximum absolute atomic E-state index is 11.4. The molecule has 0 aromatic heterocycles. The molecule has 0 aliphatic carbocycles. The Morgan fingerprint density at radius 3 is 2.64 bits per heavy atom. The summed E-state index contributed by atoms with van der Waals surface area (Å²) in [5, 5.41) is -0.197. The second-order valence-corrected chi connectivity index (χ2v) is 6.49. The van der Waals surface area contributed by atoms with Gasteiger partial charge >= 0.3 is 0 Å². The highest BCUT2D eigenvalue weighted by Gasteiger charge is 2.48. The first kappa shape index (κ1) is 10.1. The predicted molar refractivity (Wildman–Crippen MR) is 52.9 cm³/mol. The fourth-order valence-corrected chi connectivity index (χ4v) is 4.40. The number of likely N-dealkylation sites (tertiary alicyclic amines) is 1. The van der Waals surface area contributed by atoms with Crippen molar-refractivity contribution in [1.82, 2.24) is 4.90 Å². The van der Waals surface area contributed by atoms with Gasteiger partial charge in [-0.15, -0.1) is 0 Å². The smallest absolute Gasteiger partial charge is 0.156 e. The van der Waals surface area contributed by atoms with Gasteiger partial charge < -0.3 is 0 Å². The molecule has 2 bridgehead atoms. The van der Waals surface area contributed by atoms with Gasteiger partial charge in [0, 0.05) is 19.0 Å². The van der Waals surface area contributed by atoms with Crippen LogP contribution in [-0.4, -0.2) is 49.2 Å². The van der Waals surface area contributed by atoms with E-state index >= 15 is 0 Å². The molecule has 0 aromatic rings. The summed E-state index contributed by atoms with van der Waals surface area (Å²) in [5.74, 6) is 0.462. The van der Waals surface area contributed by atoms with Crippen molar-refractivity contribution in [2.24, 2.45) is 0 Å². The Morgan fingerprint density at radius 1 is 1.50 bits per heavy atom. The second-order valence-electron chi connectivity index (χ2n) is 4.16. The molecule has 14 heavy (non-hydrogen) atoms. The Labute approximate surface area is 84.2 Å². The minimum absolute atomic E-state index is 0.112. The number of hydrogen-bond donors (Lipinski definition) is 0. The van der Waals surface area contributed by atoms with E-state index in [4.69, 9.17) is 0 Å². The average molecular weight is 217 g/mol. The Hall–Kier alpha value is -0.420. The number of carbonyl (C=O) groups is 1. The lowest BCUT2D eigenvalue weighted by Crippen LogP contribution is -2.42. The molecule has 0 spiro atoms. The van der Waals surface area contributed by atoms with E-state index in [9.17, 15) is 13.2 Å². The molecular weight excluding hydrogens is 202 g/mol. The first-order valence-corrected chi connectivity index (χ1v) is 6.72. The Morgan fingerprint density at radius 2 is 2.21 bits per heavy atom. The van der Waals surface area contributed by atoms with Crippen LogP contribution in [0, 0.1) is 0 Å². The molecule has 2 aliphatic rings. The van der Waals surface area contributed by atoms with Gasteiger partial charge in [-0.05, 0) is 6.42 Å². The molecule has 0 aromatic carbocycles. The minimum Gasteiger partial charge on any atom is -0.298 e. The highest BCUT2D eigenvalue weighted by Crippen LogP contribution is 2.32. The highest BCUT2D eigenvalue weighted by atomic mass is 32.2. The van der Waals surface area contributed by atoms with Crippen LogP contribution in [0.15, 0.2) is 0 Å². The molecule has 0 radical (unpaired) electrons. The summed E-state index contributed by atoms with van der Waals surface area (Å²) in [5.41, 5.74) is 0. The molecular formula is C9H15NO3S. The zero-order valence-corrected chi connectivity index (χ0v) is 9.09. The zero-order chi connectivity index (χ0) is 10.3. The molecule has 0 amide bonds. The molecule has 2 aliphatic heterocycles. The Balaban J connectivity index is 2.00. The van der Waals surface area contributed by atoms with Crippen molar-refractivity contribution in [3.05, 3.63) is 0 Å². The van der Waals surface area contributed by atoms with E-state index in [-0.39, 0.29) is 22.8 Å². The van der Waals surface area contributed by atoms with Crippen LogP contribution in [-0.2, 0) is 14.6 Å². The average Bonchev–Trinajstić information content (AvgIpc) is 2.59. The molecule has 2 fully saturated rings. The van der Waals surface area contributed by atoms with E-state index in [0.29, 0.717) is 19.5 Å². The van der Waals surface area contributed by atoms with Crippen molar-refractivity contribution in [1.29, 1.82) is 0 Å². The molecule has 5 heteroatoms. The van der Waals surface area contributed by atoms with E-state index in [1.165, 1.54) is 0 Å². The van der Waals surface area contributed by atoms with Gasteiger partial charge in [0.15, 0.2) is 9.84 Å². The topological polar surface area (TPSA) is 54.5 Å². The number of nitrogens with zero attached hydrogens (tertiary/aromatic N) is 1. The normalized spacial score (nSPS) is 34.9. The van der Waals surface area contributed by atoms with Crippen LogP contribution in [0.3, 0.4) is 0 Å². The lowest BCUT2D eigenvalue weighted by Gasteiger charge is -2.25. The van der Waals surface area contributed by atoms with E-state index in [0.717, 1.165) is 6.42 Å². The van der Waals surface area contributed by atoms with Crippen LogP contribution in [0.4, 0.5) is 0 Å². The molecule has 2 rings (SSSR count). The molecule has 80 valence electrons. The van der Waals surface area contributed by atoms with Gasteiger partial charge in [0.1, 0.15) is 5.78 Å². The predicted octanol–water partition coefficient (Wildman–Crippen LogP) is -0.163. The van der Waals surface area contributed by atoms with Crippen LogP contribution < -0.4 is 0 Å². The number of hydrogen-bond acceptors (Lipinski definition) is 4. The molecule has 2 heterocycles. The zero-order valence-electron chi connectivity index (χ0n) is 8.27. The maximum atomic E-state index is 11.4. The van der Waals surface area contributed by atoms with Crippen LogP contribution >= 0.6 is 0 Å². The third-order valence-corrected chi connectivity index (χ3v) is 5.40. The summed E-state index contributed by atoms with van der Waals surface area (Å²) in [6.45, 7) is 2.85. The number of Topliss-reactive ketones (excluding diaryl/α,β-unsaturated/α-hetero) is 1. The quantitative estimate of drug-likeness (QED) is 0.659. The number of rotatable bonds is 3. The van der Waals surface area contributed by atoms with E-state index < -0.39 is 9.84 Å². The van der Waals surface area contributed by atoms with Gasteiger partial charge in [0.25, 0.3) is 0 Å². The summed E-state index contributed by atoms with van der Waals surface area (Å²) in [6.07, 6.45) is 1.28. The number of ketones is 1. The van der Waals surface area contributed by atoms with E-state index in [1.54, 1.807) is 0 Å². The fourth-order valence-electron chi connectivity index (χ4n) is 2.31. The largest absolute Gasteiger partial charge is 0.298 e. The summed E-state index contributed by atoms with van der Waals surface area (Å²) < 4.78 is 22.8. The van der Waals surface area contributed by atoms with Crippen molar-refractivity contribution in [2.45, 2.75) is 31.1 Å². The fraction of sp³-hybridized carbons (Fsp3) is 0.889. The monoisotopic (exact) mass is 217 g/mol. The minimum atomic E-state index is -2.82. The summed E-state index contributed by atoms with van der Waals surface area (Å²) in [4.78, 5) is 13.2. The van der Waals surface area contributed by atoms with Gasteiger partial charge in [-0.2, -0.15) is 0 Å². The number of sulfone groups is 1.